The van der Waals surface area contributed by atoms with E-state index in [2.05, 4.69) is 41.6 Å². The minimum atomic E-state index is 0.662. The lowest BCUT2D eigenvalue weighted by Gasteiger charge is -2.08. The van der Waals surface area contributed by atoms with E-state index < -0.39 is 0 Å². The molecule has 0 aliphatic rings. The number of furan rings is 1. The molecule has 4 aromatic rings. The van der Waals surface area contributed by atoms with Gasteiger partial charge in [0.2, 0.25) is 11.0 Å². The molecule has 0 spiro atoms. The lowest BCUT2D eigenvalue weighted by molar-refractivity contribution is 0.575. The van der Waals surface area contributed by atoms with Crippen molar-refractivity contribution in [1.82, 2.24) is 25.0 Å². The van der Waals surface area contributed by atoms with Crippen LogP contribution in [0, 0.1) is 0 Å². The van der Waals surface area contributed by atoms with Crippen molar-refractivity contribution in [2.75, 3.05) is 11.9 Å². The summed E-state index contributed by atoms with van der Waals surface area (Å²) in [5, 5.41) is 22.8. The molecule has 3 aromatic heterocycles. The van der Waals surface area contributed by atoms with Crippen LogP contribution in [0.5, 0.6) is 0 Å². The minimum Gasteiger partial charge on any atom is -0.461 e. The maximum atomic E-state index is 5.54. The molecule has 138 valence electrons. The van der Waals surface area contributed by atoms with Gasteiger partial charge in [0.15, 0.2) is 10.9 Å². The van der Waals surface area contributed by atoms with E-state index in [1.165, 1.54) is 0 Å². The van der Waals surface area contributed by atoms with Crippen molar-refractivity contribution in [1.29, 1.82) is 0 Å². The van der Waals surface area contributed by atoms with E-state index in [-0.39, 0.29) is 0 Å². The first-order chi connectivity index (χ1) is 13.2. The van der Waals surface area contributed by atoms with Crippen LogP contribution >= 0.6 is 39.0 Å². The van der Waals surface area contributed by atoms with Crippen LogP contribution in [0.3, 0.4) is 0 Å². The molecule has 0 amide bonds. The van der Waals surface area contributed by atoms with Crippen LogP contribution in [0.15, 0.2) is 56.7 Å². The highest BCUT2D eigenvalue weighted by Crippen LogP contribution is 2.31. The van der Waals surface area contributed by atoms with Crippen LogP contribution in [0.1, 0.15) is 11.9 Å². The number of hydrogen-bond donors (Lipinski definition) is 1. The number of anilines is 1. The van der Waals surface area contributed by atoms with Crippen molar-refractivity contribution in [3.8, 4) is 17.3 Å². The number of nitrogens with one attached hydrogen (secondary N) is 1. The van der Waals surface area contributed by atoms with Crippen molar-refractivity contribution in [3.05, 3.63) is 52.1 Å². The van der Waals surface area contributed by atoms with Gasteiger partial charge in [0, 0.05) is 16.7 Å². The molecular formula is C17H15BrN6OS2. The molecule has 1 aromatic carbocycles. The number of thioether (sulfide) groups is 1. The average molecular weight is 463 g/mol. The van der Waals surface area contributed by atoms with E-state index >= 15 is 0 Å². The molecule has 0 saturated heterocycles. The second-order valence-corrected chi connectivity index (χ2v) is 8.34. The van der Waals surface area contributed by atoms with E-state index in [1.807, 2.05) is 47.9 Å². The third kappa shape index (κ3) is 4.07. The fourth-order valence-electron chi connectivity index (χ4n) is 2.41. The Kier molecular flexibility index (Phi) is 5.55. The highest BCUT2D eigenvalue weighted by molar-refractivity contribution is 9.10. The molecule has 0 atom stereocenters. The van der Waals surface area contributed by atoms with Crippen molar-refractivity contribution < 1.29 is 4.42 Å². The van der Waals surface area contributed by atoms with Gasteiger partial charge in [-0.3, -0.25) is 4.57 Å². The van der Waals surface area contributed by atoms with Crippen LogP contribution in [0.4, 0.5) is 5.13 Å². The molecule has 7 nitrogen and oxygen atoms in total. The normalized spacial score (nSPS) is 11.0. The minimum absolute atomic E-state index is 0.662. The summed E-state index contributed by atoms with van der Waals surface area (Å²) < 4.78 is 8.54. The van der Waals surface area contributed by atoms with Gasteiger partial charge in [-0.2, -0.15) is 0 Å². The largest absolute Gasteiger partial charge is 0.461 e. The van der Waals surface area contributed by atoms with Crippen LogP contribution < -0.4 is 5.32 Å². The number of halogens is 1. The Morgan fingerprint density at radius 2 is 2.00 bits per heavy atom. The van der Waals surface area contributed by atoms with Gasteiger partial charge < -0.3 is 9.73 Å². The van der Waals surface area contributed by atoms with Gasteiger partial charge in [-0.05, 0) is 43.3 Å². The fraction of sp³-hybridized carbons (Fsp3) is 0.176. The van der Waals surface area contributed by atoms with Crippen molar-refractivity contribution >= 4 is 44.2 Å². The lowest BCUT2D eigenvalue weighted by atomic mass is 10.3. The Morgan fingerprint density at radius 1 is 1.15 bits per heavy atom. The summed E-state index contributed by atoms with van der Waals surface area (Å²) in [6.07, 6.45) is 1.63. The van der Waals surface area contributed by atoms with Gasteiger partial charge in [-0.25, -0.2) is 0 Å². The SMILES string of the molecule is CCNc1nnc(CSc2nnc(-c3ccco3)n2-c2ccc(Br)cc2)s1. The zero-order valence-corrected chi connectivity index (χ0v) is 17.5. The summed E-state index contributed by atoms with van der Waals surface area (Å²) in [5.41, 5.74) is 0.961. The predicted molar refractivity (Wildman–Crippen MR) is 110 cm³/mol. The summed E-state index contributed by atoms with van der Waals surface area (Å²) in [6.45, 7) is 2.86. The number of nitrogens with zero attached hydrogens (tertiary/aromatic N) is 5. The smallest absolute Gasteiger partial charge is 0.205 e. The molecular weight excluding hydrogens is 448 g/mol. The van der Waals surface area contributed by atoms with Crippen LogP contribution in [-0.4, -0.2) is 31.5 Å². The molecule has 0 unspecified atom stereocenters. The predicted octanol–water partition coefficient (Wildman–Crippen LogP) is 4.87. The molecule has 4 rings (SSSR count). The maximum absolute atomic E-state index is 5.54. The highest BCUT2D eigenvalue weighted by atomic mass is 79.9. The maximum Gasteiger partial charge on any atom is 0.205 e. The first-order valence-corrected chi connectivity index (χ1v) is 10.8. The number of benzene rings is 1. The zero-order valence-electron chi connectivity index (χ0n) is 14.3. The highest BCUT2D eigenvalue weighted by Gasteiger charge is 2.18. The molecule has 10 heteroatoms. The Labute approximate surface area is 172 Å². The molecule has 0 fully saturated rings. The molecule has 0 radical (unpaired) electrons. The standard InChI is InChI=1S/C17H15BrN6OS2/c1-2-19-16-22-20-14(27-16)10-26-17-23-21-15(13-4-3-9-25-13)24(17)12-7-5-11(18)6-8-12/h3-9H,2,10H2,1H3,(H,19,22). The van der Waals surface area contributed by atoms with Gasteiger partial charge in [0.1, 0.15) is 5.01 Å². The van der Waals surface area contributed by atoms with Gasteiger partial charge >= 0.3 is 0 Å². The topological polar surface area (TPSA) is 81.7 Å². The summed E-state index contributed by atoms with van der Waals surface area (Å²) in [7, 11) is 0. The number of hydrogen-bond acceptors (Lipinski definition) is 8. The second kappa shape index (κ2) is 8.24. The first-order valence-electron chi connectivity index (χ1n) is 8.19. The van der Waals surface area contributed by atoms with Gasteiger partial charge in [0.05, 0.1) is 12.0 Å². The molecule has 3 heterocycles. The Hall–Kier alpha value is -2.17. The van der Waals surface area contributed by atoms with Crippen LogP contribution in [-0.2, 0) is 5.75 Å². The Bertz CT molecular complexity index is 1010. The summed E-state index contributed by atoms with van der Waals surface area (Å²) in [5.74, 6) is 1.99. The van der Waals surface area contributed by atoms with E-state index in [1.54, 1.807) is 29.4 Å². The molecule has 1 N–H and O–H groups in total. The third-order valence-corrected chi connectivity index (χ3v) is 6.11. The van der Waals surface area contributed by atoms with Gasteiger partial charge in [-0.15, -0.1) is 20.4 Å². The first kappa shape index (κ1) is 18.2. The van der Waals surface area contributed by atoms with Crippen molar-refractivity contribution in [2.24, 2.45) is 0 Å². The fourth-order valence-corrected chi connectivity index (χ4v) is 4.42. The van der Waals surface area contributed by atoms with E-state index in [4.69, 9.17) is 4.42 Å². The molecule has 0 bridgehead atoms. The number of rotatable bonds is 7. The summed E-state index contributed by atoms with van der Waals surface area (Å²) >= 11 is 6.59. The number of aromatic nitrogens is 5. The van der Waals surface area contributed by atoms with Crippen LogP contribution in [0.2, 0.25) is 0 Å². The summed E-state index contributed by atoms with van der Waals surface area (Å²) in [6, 6.07) is 11.7. The van der Waals surface area contributed by atoms with Crippen molar-refractivity contribution in [3.63, 3.8) is 0 Å². The molecule has 0 aliphatic heterocycles. The van der Waals surface area contributed by atoms with E-state index in [9.17, 15) is 0 Å². The van der Waals surface area contributed by atoms with E-state index in [0.717, 1.165) is 32.0 Å². The van der Waals surface area contributed by atoms with Gasteiger partial charge in [-0.1, -0.05) is 39.0 Å². The quantitative estimate of drug-likeness (QED) is 0.392. The zero-order chi connectivity index (χ0) is 18.6. The lowest BCUT2D eigenvalue weighted by Crippen LogP contribution is -1.99. The van der Waals surface area contributed by atoms with Crippen LogP contribution in [0.25, 0.3) is 17.3 Å². The molecule has 27 heavy (non-hydrogen) atoms. The molecule has 0 aliphatic carbocycles. The summed E-state index contributed by atoms with van der Waals surface area (Å²) in [4.78, 5) is 0. The van der Waals surface area contributed by atoms with E-state index in [0.29, 0.717) is 17.3 Å². The van der Waals surface area contributed by atoms with Gasteiger partial charge in [0.25, 0.3) is 0 Å². The average Bonchev–Trinajstić information content (AvgIpc) is 3.41. The third-order valence-electron chi connectivity index (χ3n) is 3.58. The Morgan fingerprint density at radius 3 is 2.74 bits per heavy atom. The Balaban J connectivity index is 1.64. The monoisotopic (exact) mass is 462 g/mol. The van der Waals surface area contributed by atoms with Crippen molar-refractivity contribution in [2.45, 2.75) is 17.8 Å². The molecule has 0 saturated carbocycles. The second-order valence-electron chi connectivity index (χ2n) is 5.42.